The lowest BCUT2D eigenvalue weighted by molar-refractivity contribution is -0.111. The summed E-state index contributed by atoms with van der Waals surface area (Å²) in [6.07, 6.45) is 3.05. The summed E-state index contributed by atoms with van der Waals surface area (Å²) in [6.45, 7) is 6.32. The highest BCUT2D eigenvalue weighted by molar-refractivity contribution is 6.02. The van der Waals surface area contributed by atoms with Crippen molar-refractivity contribution in [1.82, 2.24) is 0 Å². The van der Waals surface area contributed by atoms with Crippen molar-refractivity contribution >= 4 is 17.7 Å². The second-order valence-corrected chi connectivity index (χ2v) is 6.54. The molecule has 0 radical (unpaired) electrons. The molecule has 0 fully saturated rings. The third kappa shape index (κ3) is 4.69. The molecule has 0 spiro atoms. The number of rotatable bonds is 4. The Kier molecular flexibility index (Phi) is 5.39. The Morgan fingerprint density at radius 3 is 2.38 bits per heavy atom. The first-order chi connectivity index (χ1) is 11.3. The topological polar surface area (TPSA) is 38.3 Å². The quantitative estimate of drug-likeness (QED) is 0.820. The first-order valence-electron chi connectivity index (χ1n) is 7.73. The maximum Gasteiger partial charge on any atom is 0.248 e. The van der Waals surface area contributed by atoms with Crippen LogP contribution in [0.4, 0.5) is 10.1 Å². The smallest absolute Gasteiger partial charge is 0.248 e. The highest BCUT2D eigenvalue weighted by Gasteiger charge is 2.16. The predicted octanol–water partition coefficient (Wildman–Crippen LogP) is 4.78. The lowest BCUT2D eigenvalue weighted by Gasteiger charge is -2.21. The van der Waals surface area contributed by atoms with E-state index >= 15 is 0 Å². The van der Waals surface area contributed by atoms with Crippen LogP contribution in [0.2, 0.25) is 0 Å². The number of benzene rings is 2. The third-order valence-corrected chi connectivity index (χ3v) is 3.62. The number of nitrogens with one attached hydrogen (secondary N) is 1. The molecule has 0 aliphatic rings. The summed E-state index contributed by atoms with van der Waals surface area (Å²) in [5, 5.41) is 2.83. The van der Waals surface area contributed by atoms with Gasteiger partial charge in [-0.25, -0.2) is 4.39 Å². The predicted molar refractivity (Wildman–Crippen MR) is 95.8 cm³/mol. The van der Waals surface area contributed by atoms with E-state index in [4.69, 9.17) is 4.74 Å². The van der Waals surface area contributed by atoms with Crippen LogP contribution in [-0.2, 0) is 10.2 Å². The zero-order valence-corrected chi connectivity index (χ0v) is 14.4. The summed E-state index contributed by atoms with van der Waals surface area (Å²) in [7, 11) is 1.57. The van der Waals surface area contributed by atoms with Crippen LogP contribution >= 0.6 is 0 Å². The molecule has 0 unspecified atom stereocenters. The number of ether oxygens (including phenoxy) is 1. The Labute approximate surface area is 142 Å². The summed E-state index contributed by atoms with van der Waals surface area (Å²) < 4.78 is 18.2. The average molecular weight is 327 g/mol. The van der Waals surface area contributed by atoms with E-state index in [2.05, 4.69) is 26.1 Å². The SMILES string of the molecule is COc1ccc(C(C)(C)C)cc1NC(=O)/C=C/c1ccc(F)cc1. The Morgan fingerprint density at radius 2 is 1.79 bits per heavy atom. The number of anilines is 1. The summed E-state index contributed by atoms with van der Waals surface area (Å²) >= 11 is 0. The van der Waals surface area contributed by atoms with Crippen LogP contribution in [0.5, 0.6) is 5.75 Å². The standard InChI is InChI=1S/C20H22FNO2/c1-20(2,3)15-8-11-18(24-4)17(13-15)22-19(23)12-7-14-5-9-16(21)10-6-14/h5-13H,1-4H3,(H,22,23)/b12-7+. The van der Waals surface area contributed by atoms with Gasteiger partial charge in [0.1, 0.15) is 11.6 Å². The number of amides is 1. The maximum absolute atomic E-state index is 12.9. The molecule has 2 aromatic rings. The number of methoxy groups -OCH3 is 1. The molecular weight excluding hydrogens is 305 g/mol. The Balaban J connectivity index is 2.17. The van der Waals surface area contributed by atoms with E-state index in [-0.39, 0.29) is 17.1 Å². The van der Waals surface area contributed by atoms with E-state index in [1.165, 1.54) is 18.2 Å². The minimum Gasteiger partial charge on any atom is -0.495 e. The molecule has 0 aliphatic carbocycles. The lowest BCUT2D eigenvalue weighted by Crippen LogP contribution is -2.14. The highest BCUT2D eigenvalue weighted by atomic mass is 19.1. The van der Waals surface area contributed by atoms with Crippen molar-refractivity contribution in [3.8, 4) is 5.75 Å². The largest absolute Gasteiger partial charge is 0.495 e. The lowest BCUT2D eigenvalue weighted by atomic mass is 9.87. The fourth-order valence-corrected chi connectivity index (χ4v) is 2.19. The third-order valence-electron chi connectivity index (χ3n) is 3.62. The van der Waals surface area contributed by atoms with E-state index in [1.54, 1.807) is 25.3 Å². The van der Waals surface area contributed by atoms with Gasteiger partial charge in [0, 0.05) is 6.08 Å². The van der Waals surface area contributed by atoms with Gasteiger partial charge >= 0.3 is 0 Å². The van der Waals surface area contributed by atoms with Crippen LogP contribution in [0.3, 0.4) is 0 Å². The number of hydrogen-bond acceptors (Lipinski definition) is 2. The van der Waals surface area contributed by atoms with E-state index in [1.807, 2.05) is 18.2 Å². The van der Waals surface area contributed by atoms with Gasteiger partial charge in [0.25, 0.3) is 0 Å². The number of hydrogen-bond donors (Lipinski definition) is 1. The summed E-state index contributed by atoms with van der Waals surface area (Å²) in [5.74, 6) is 0.0237. The van der Waals surface area contributed by atoms with Gasteiger partial charge in [0.05, 0.1) is 12.8 Å². The monoisotopic (exact) mass is 327 g/mol. The van der Waals surface area contributed by atoms with Crippen LogP contribution in [0.15, 0.2) is 48.5 Å². The van der Waals surface area contributed by atoms with Crippen molar-refractivity contribution in [2.45, 2.75) is 26.2 Å². The van der Waals surface area contributed by atoms with Crippen LogP contribution in [0, 0.1) is 5.82 Å². The van der Waals surface area contributed by atoms with Crippen molar-refractivity contribution in [3.05, 3.63) is 65.5 Å². The molecule has 2 aromatic carbocycles. The Morgan fingerprint density at radius 1 is 1.12 bits per heavy atom. The Bertz CT molecular complexity index is 743. The second-order valence-electron chi connectivity index (χ2n) is 6.54. The van der Waals surface area contributed by atoms with Gasteiger partial charge in [-0.3, -0.25) is 4.79 Å². The van der Waals surface area contributed by atoms with E-state index in [0.29, 0.717) is 11.4 Å². The van der Waals surface area contributed by atoms with Crippen LogP contribution in [0.1, 0.15) is 31.9 Å². The molecule has 0 saturated heterocycles. The molecule has 24 heavy (non-hydrogen) atoms. The second kappa shape index (κ2) is 7.30. The van der Waals surface area contributed by atoms with Crippen molar-refractivity contribution in [2.75, 3.05) is 12.4 Å². The zero-order chi connectivity index (χ0) is 17.7. The molecule has 1 amide bonds. The fourth-order valence-electron chi connectivity index (χ4n) is 2.19. The van der Waals surface area contributed by atoms with Gasteiger partial charge in [0.2, 0.25) is 5.91 Å². The van der Waals surface area contributed by atoms with Crippen molar-refractivity contribution in [1.29, 1.82) is 0 Å². The van der Waals surface area contributed by atoms with Gasteiger partial charge in [-0.2, -0.15) is 0 Å². The van der Waals surface area contributed by atoms with Crippen molar-refractivity contribution in [3.63, 3.8) is 0 Å². The van der Waals surface area contributed by atoms with Crippen molar-refractivity contribution in [2.24, 2.45) is 0 Å². The first-order valence-corrected chi connectivity index (χ1v) is 7.73. The molecule has 0 heterocycles. The van der Waals surface area contributed by atoms with Gasteiger partial charge < -0.3 is 10.1 Å². The van der Waals surface area contributed by atoms with Gasteiger partial charge in [-0.05, 0) is 46.9 Å². The van der Waals surface area contributed by atoms with Gasteiger partial charge in [-0.15, -0.1) is 0 Å². The highest BCUT2D eigenvalue weighted by Crippen LogP contribution is 2.31. The van der Waals surface area contributed by atoms with E-state index in [9.17, 15) is 9.18 Å². The molecule has 0 aromatic heterocycles. The molecule has 126 valence electrons. The first kappa shape index (κ1) is 17.7. The number of halogens is 1. The Hall–Kier alpha value is -2.62. The van der Waals surface area contributed by atoms with E-state index < -0.39 is 0 Å². The summed E-state index contributed by atoms with van der Waals surface area (Å²) in [6, 6.07) is 11.7. The molecule has 2 rings (SSSR count). The molecule has 0 aliphatic heterocycles. The van der Waals surface area contributed by atoms with Gasteiger partial charge in [0.15, 0.2) is 0 Å². The molecule has 4 heteroatoms. The van der Waals surface area contributed by atoms with Gasteiger partial charge in [-0.1, -0.05) is 39.0 Å². The molecule has 1 N–H and O–H groups in total. The molecule has 0 atom stereocenters. The zero-order valence-electron chi connectivity index (χ0n) is 14.4. The molecule has 0 bridgehead atoms. The fraction of sp³-hybridized carbons (Fsp3) is 0.250. The average Bonchev–Trinajstić information content (AvgIpc) is 2.53. The number of carbonyl (C=O) groups is 1. The van der Waals surface area contributed by atoms with Crippen LogP contribution < -0.4 is 10.1 Å². The maximum atomic E-state index is 12.9. The summed E-state index contributed by atoms with van der Waals surface area (Å²) in [4.78, 5) is 12.2. The van der Waals surface area contributed by atoms with Crippen LogP contribution in [0.25, 0.3) is 6.08 Å². The molecule has 0 saturated carbocycles. The van der Waals surface area contributed by atoms with E-state index in [0.717, 1.165) is 11.1 Å². The number of carbonyl (C=O) groups excluding carboxylic acids is 1. The minimum atomic E-state index is -0.305. The molecule has 3 nitrogen and oxygen atoms in total. The minimum absolute atomic E-state index is 0.0320. The van der Waals surface area contributed by atoms with Crippen molar-refractivity contribution < 1.29 is 13.9 Å². The van der Waals surface area contributed by atoms with Crippen LogP contribution in [-0.4, -0.2) is 13.0 Å². The normalized spacial score (nSPS) is 11.5. The summed E-state index contributed by atoms with van der Waals surface area (Å²) in [5.41, 5.74) is 2.44. The molecular formula is C20H22FNO2.